The average molecular weight is 499 g/mol. The van der Waals surface area contributed by atoms with Gasteiger partial charge in [-0.3, -0.25) is 9.69 Å². The quantitative estimate of drug-likeness (QED) is 0.473. The summed E-state index contributed by atoms with van der Waals surface area (Å²) in [6.45, 7) is 6.37. The summed E-state index contributed by atoms with van der Waals surface area (Å²) in [6, 6.07) is 9.58. The van der Waals surface area contributed by atoms with Crippen molar-refractivity contribution in [1.29, 1.82) is 0 Å². The molecule has 1 N–H and O–H groups in total. The lowest BCUT2D eigenvalue weighted by molar-refractivity contribution is 0.0525. The Bertz CT molecular complexity index is 1140. The number of nitrogens with one attached hydrogen (secondary N) is 1. The molecule has 1 aliphatic rings. The van der Waals surface area contributed by atoms with Gasteiger partial charge in [0.1, 0.15) is 16.6 Å². The Labute approximate surface area is 206 Å². The molecular formula is C24H27FN6O3S. The van der Waals surface area contributed by atoms with E-state index in [1.807, 2.05) is 6.07 Å². The maximum atomic E-state index is 13.0. The number of amides is 1. The van der Waals surface area contributed by atoms with Crippen LogP contribution in [0.5, 0.6) is 0 Å². The smallest absolute Gasteiger partial charge is 0.339 e. The molecule has 1 aliphatic heterocycles. The number of hydrogen-bond donors (Lipinski definition) is 1. The molecule has 0 radical (unpaired) electrons. The highest BCUT2D eigenvalue weighted by Gasteiger charge is 2.19. The first-order chi connectivity index (χ1) is 17.0. The zero-order chi connectivity index (χ0) is 24.6. The van der Waals surface area contributed by atoms with Crippen LogP contribution in [0.1, 0.15) is 44.1 Å². The Morgan fingerprint density at radius 2 is 1.91 bits per heavy atom. The van der Waals surface area contributed by atoms with Crippen LogP contribution in [-0.4, -0.2) is 64.7 Å². The van der Waals surface area contributed by atoms with Gasteiger partial charge < -0.3 is 15.0 Å². The van der Waals surface area contributed by atoms with Crippen LogP contribution in [0.25, 0.3) is 0 Å². The second kappa shape index (κ2) is 11.8. The number of aromatic nitrogens is 3. The molecule has 9 nitrogen and oxygen atoms in total. The molecule has 11 heteroatoms. The van der Waals surface area contributed by atoms with Gasteiger partial charge in [0.2, 0.25) is 5.01 Å². The van der Waals surface area contributed by atoms with Gasteiger partial charge in [-0.1, -0.05) is 23.5 Å². The van der Waals surface area contributed by atoms with E-state index in [1.54, 1.807) is 31.3 Å². The van der Waals surface area contributed by atoms with Gasteiger partial charge >= 0.3 is 5.97 Å². The SMILES string of the molecule is CCOC(=O)c1ccc(N2CCCN(Cc3nnc(C(=O)NCc4ccc(F)cc4)s3)CC2)nc1. The van der Waals surface area contributed by atoms with Crippen molar-refractivity contribution >= 4 is 29.0 Å². The van der Waals surface area contributed by atoms with Gasteiger partial charge in [0.25, 0.3) is 5.91 Å². The molecule has 0 aliphatic carbocycles. The number of rotatable bonds is 8. The van der Waals surface area contributed by atoms with Crippen molar-refractivity contribution in [3.8, 4) is 0 Å². The summed E-state index contributed by atoms with van der Waals surface area (Å²) in [7, 11) is 0. The van der Waals surface area contributed by atoms with Gasteiger partial charge in [-0.15, -0.1) is 10.2 Å². The van der Waals surface area contributed by atoms with Crippen LogP contribution in [0.15, 0.2) is 42.6 Å². The largest absolute Gasteiger partial charge is 0.462 e. The maximum Gasteiger partial charge on any atom is 0.339 e. The van der Waals surface area contributed by atoms with Gasteiger partial charge in [0, 0.05) is 38.9 Å². The van der Waals surface area contributed by atoms with E-state index < -0.39 is 0 Å². The number of nitrogens with zero attached hydrogens (tertiary/aromatic N) is 5. The molecule has 184 valence electrons. The second-order valence-corrected chi connectivity index (χ2v) is 9.11. The molecule has 35 heavy (non-hydrogen) atoms. The third kappa shape index (κ3) is 6.80. The first-order valence-electron chi connectivity index (χ1n) is 11.5. The Hall–Kier alpha value is -3.44. The van der Waals surface area contributed by atoms with Crippen LogP contribution >= 0.6 is 11.3 Å². The molecule has 1 fully saturated rings. The summed E-state index contributed by atoms with van der Waals surface area (Å²) in [6.07, 6.45) is 2.50. The van der Waals surface area contributed by atoms with Gasteiger partial charge in [0.05, 0.1) is 18.7 Å². The minimum Gasteiger partial charge on any atom is -0.462 e. The molecule has 2 aromatic heterocycles. The molecular weight excluding hydrogens is 471 g/mol. The van der Waals surface area contributed by atoms with Crippen molar-refractivity contribution in [2.24, 2.45) is 0 Å². The average Bonchev–Trinajstić information content (AvgIpc) is 3.21. The van der Waals surface area contributed by atoms with Crippen molar-refractivity contribution < 1.29 is 18.7 Å². The van der Waals surface area contributed by atoms with Crippen molar-refractivity contribution in [1.82, 2.24) is 25.4 Å². The van der Waals surface area contributed by atoms with Crippen LogP contribution in [0.3, 0.4) is 0 Å². The monoisotopic (exact) mass is 498 g/mol. The Balaban J connectivity index is 1.27. The molecule has 0 unspecified atom stereocenters. The summed E-state index contributed by atoms with van der Waals surface area (Å²) >= 11 is 1.28. The van der Waals surface area contributed by atoms with E-state index in [4.69, 9.17) is 4.74 Å². The Morgan fingerprint density at radius 1 is 1.09 bits per heavy atom. The summed E-state index contributed by atoms with van der Waals surface area (Å²) in [5.41, 5.74) is 1.25. The third-order valence-electron chi connectivity index (χ3n) is 5.56. The molecule has 0 bridgehead atoms. The van der Waals surface area contributed by atoms with Crippen molar-refractivity contribution in [2.45, 2.75) is 26.4 Å². The van der Waals surface area contributed by atoms with E-state index in [9.17, 15) is 14.0 Å². The lowest BCUT2D eigenvalue weighted by atomic mass is 10.2. The van der Waals surface area contributed by atoms with Crippen LogP contribution in [0.2, 0.25) is 0 Å². The molecule has 0 atom stereocenters. The maximum absolute atomic E-state index is 13.0. The predicted molar refractivity (Wildman–Crippen MR) is 130 cm³/mol. The topological polar surface area (TPSA) is 101 Å². The summed E-state index contributed by atoms with van der Waals surface area (Å²) in [4.78, 5) is 33.2. The molecule has 4 rings (SSSR count). The highest BCUT2D eigenvalue weighted by atomic mass is 32.1. The first-order valence-corrected chi connectivity index (χ1v) is 12.3. The zero-order valence-electron chi connectivity index (χ0n) is 19.4. The molecule has 3 heterocycles. The van der Waals surface area contributed by atoms with E-state index in [2.05, 4.69) is 30.3 Å². The molecule has 0 spiro atoms. The number of pyridine rings is 1. The molecule has 1 aromatic carbocycles. The number of ether oxygens (including phenoxy) is 1. The third-order valence-corrected chi connectivity index (χ3v) is 6.46. The lowest BCUT2D eigenvalue weighted by Gasteiger charge is -2.22. The number of hydrogen-bond acceptors (Lipinski definition) is 9. The molecule has 1 amide bonds. The van der Waals surface area contributed by atoms with Gasteiger partial charge in [-0.25, -0.2) is 14.2 Å². The van der Waals surface area contributed by atoms with Crippen LogP contribution < -0.4 is 10.2 Å². The molecule has 1 saturated heterocycles. The Morgan fingerprint density at radius 3 is 2.66 bits per heavy atom. The fraction of sp³-hybridized carbons (Fsp3) is 0.375. The van der Waals surface area contributed by atoms with Crippen LogP contribution in [-0.2, 0) is 17.8 Å². The second-order valence-electron chi connectivity index (χ2n) is 8.05. The number of esters is 1. The fourth-order valence-corrected chi connectivity index (χ4v) is 4.53. The van der Waals surface area contributed by atoms with E-state index in [0.717, 1.165) is 49.0 Å². The van der Waals surface area contributed by atoms with Gasteiger partial charge in [0.15, 0.2) is 0 Å². The van der Waals surface area contributed by atoms with Crippen molar-refractivity contribution in [3.05, 3.63) is 69.6 Å². The van der Waals surface area contributed by atoms with E-state index >= 15 is 0 Å². The highest BCUT2D eigenvalue weighted by molar-refractivity contribution is 7.13. The highest BCUT2D eigenvalue weighted by Crippen LogP contribution is 2.18. The van der Waals surface area contributed by atoms with E-state index in [0.29, 0.717) is 30.3 Å². The van der Waals surface area contributed by atoms with E-state index in [-0.39, 0.29) is 17.7 Å². The van der Waals surface area contributed by atoms with Crippen molar-refractivity contribution in [2.75, 3.05) is 37.7 Å². The number of benzene rings is 1. The van der Waals surface area contributed by atoms with Crippen LogP contribution in [0.4, 0.5) is 10.2 Å². The molecule has 3 aromatic rings. The van der Waals surface area contributed by atoms with Gasteiger partial charge in [-0.2, -0.15) is 0 Å². The standard InChI is InChI=1S/C24H27FN6O3S/c1-2-34-24(33)18-6-9-20(26-15-18)31-11-3-10-30(12-13-31)16-21-28-29-23(35-21)22(32)27-14-17-4-7-19(25)8-5-17/h4-9,15H,2-3,10-14,16H2,1H3,(H,27,32). The summed E-state index contributed by atoms with van der Waals surface area (Å²) < 4.78 is 18.0. The van der Waals surface area contributed by atoms with Crippen LogP contribution in [0, 0.1) is 5.82 Å². The minimum atomic E-state index is -0.367. The van der Waals surface area contributed by atoms with Crippen molar-refractivity contribution in [3.63, 3.8) is 0 Å². The summed E-state index contributed by atoms with van der Waals surface area (Å²) in [5, 5.41) is 12.1. The lowest BCUT2D eigenvalue weighted by Crippen LogP contribution is -2.31. The number of carbonyl (C=O) groups excluding carboxylic acids is 2. The Kier molecular flexibility index (Phi) is 8.32. The fourth-order valence-electron chi connectivity index (χ4n) is 3.73. The van der Waals surface area contributed by atoms with E-state index in [1.165, 1.54) is 23.5 Å². The number of halogens is 1. The van der Waals surface area contributed by atoms with Gasteiger partial charge in [-0.05, 0) is 43.2 Å². The first kappa shape index (κ1) is 24.7. The predicted octanol–water partition coefficient (Wildman–Crippen LogP) is 2.89. The number of carbonyl (C=O) groups is 2. The normalized spacial score (nSPS) is 14.4. The zero-order valence-corrected chi connectivity index (χ0v) is 20.3. The minimum absolute atomic E-state index is 0.294. The number of anilines is 1. The summed E-state index contributed by atoms with van der Waals surface area (Å²) in [5.74, 6) is -0.142. The molecule has 0 saturated carbocycles.